The van der Waals surface area contributed by atoms with Gasteiger partial charge in [-0.2, -0.15) is 0 Å². The topological polar surface area (TPSA) is 77.8 Å². The molecule has 0 bridgehead atoms. The SMILES string of the molecule is O=C(C=Cc1ccccc1)c1ccccc1.Oc1ccc(C=Cc2cc(O)cc(O)c2)cc1. The number of ketones is 1. The molecule has 0 spiro atoms. The van der Waals surface area contributed by atoms with Gasteiger partial charge in [0.1, 0.15) is 17.2 Å². The molecule has 164 valence electrons. The Hall–Kier alpha value is -4.57. The highest BCUT2D eigenvalue weighted by molar-refractivity contribution is 6.06. The second-order valence-electron chi connectivity index (χ2n) is 7.18. The fourth-order valence-corrected chi connectivity index (χ4v) is 2.93. The van der Waals surface area contributed by atoms with Crippen molar-refractivity contribution in [3.05, 3.63) is 131 Å². The lowest BCUT2D eigenvalue weighted by molar-refractivity contribution is 0.104. The molecule has 0 unspecified atom stereocenters. The van der Waals surface area contributed by atoms with Crippen LogP contribution >= 0.6 is 0 Å². The molecule has 0 amide bonds. The molecule has 4 heteroatoms. The van der Waals surface area contributed by atoms with Gasteiger partial charge in [0.05, 0.1) is 0 Å². The van der Waals surface area contributed by atoms with Gasteiger partial charge in [-0.05, 0) is 47.0 Å². The summed E-state index contributed by atoms with van der Waals surface area (Å²) in [5, 5.41) is 27.7. The molecule has 4 aromatic carbocycles. The Morgan fingerprint density at radius 2 is 1.03 bits per heavy atom. The number of rotatable bonds is 5. The Bertz CT molecular complexity index is 1210. The van der Waals surface area contributed by atoms with Crippen molar-refractivity contribution in [2.75, 3.05) is 0 Å². The first-order chi connectivity index (χ1) is 16.0. The average Bonchev–Trinajstić information content (AvgIpc) is 2.83. The minimum atomic E-state index is 0.0235. The zero-order valence-electron chi connectivity index (χ0n) is 17.9. The first-order valence-corrected chi connectivity index (χ1v) is 10.3. The number of phenols is 3. The molecular formula is C29H24O4. The number of phenolic OH excluding ortho intramolecular Hbond substituents is 3. The predicted molar refractivity (Wildman–Crippen MR) is 133 cm³/mol. The summed E-state index contributed by atoms with van der Waals surface area (Å²) in [5.74, 6) is 0.298. The van der Waals surface area contributed by atoms with E-state index in [1.165, 1.54) is 6.07 Å². The standard InChI is InChI=1S/C15H12O.C14H12O3/c16-15(14-9-5-2-6-10-14)12-11-13-7-3-1-4-8-13;15-12-5-3-10(4-6-12)1-2-11-7-13(16)9-14(17)8-11/h1-12H;1-9,15-17H. The van der Waals surface area contributed by atoms with E-state index < -0.39 is 0 Å². The highest BCUT2D eigenvalue weighted by Gasteiger charge is 1.99. The van der Waals surface area contributed by atoms with E-state index in [2.05, 4.69) is 0 Å². The lowest BCUT2D eigenvalue weighted by Crippen LogP contribution is -1.92. The fraction of sp³-hybridized carbons (Fsp3) is 0. The average molecular weight is 437 g/mol. The van der Waals surface area contributed by atoms with Crippen molar-refractivity contribution in [3.8, 4) is 17.2 Å². The molecule has 0 fully saturated rings. The molecule has 0 aliphatic rings. The van der Waals surface area contributed by atoms with Crippen molar-refractivity contribution < 1.29 is 20.1 Å². The molecule has 4 rings (SSSR count). The maximum absolute atomic E-state index is 11.7. The second kappa shape index (κ2) is 11.7. The third-order valence-electron chi connectivity index (χ3n) is 4.57. The van der Waals surface area contributed by atoms with E-state index in [0.29, 0.717) is 5.56 Å². The molecule has 0 aromatic heterocycles. The zero-order chi connectivity index (χ0) is 23.5. The van der Waals surface area contributed by atoms with Gasteiger partial charge in [0, 0.05) is 11.6 Å². The van der Waals surface area contributed by atoms with Gasteiger partial charge in [-0.1, -0.05) is 91.0 Å². The van der Waals surface area contributed by atoms with Gasteiger partial charge >= 0.3 is 0 Å². The van der Waals surface area contributed by atoms with Gasteiger partial charge in [0.25, 0.3) is 0 Å². The van der Waals surface area contributed by atoms with Gasteiger partial charge in [0.2, 0.25) is 0 Å². The molecule has 0 radical (unpaired) electrons. The number of aromatic hydroxyl groups is 3. The number of hydrogen-bond donors (Lipinski definition) is 3. The largest absolute Gasteiger partial charge is 0.508 e. The van der Waals surface area contributed by atoms with Crippen molar-refractivity contribution in [2.24, 2.45) is 0 Å². The summed E-state index contributed by atoms with van der Waals surface area (Å²) in [6.45, 7) is 0. The second-order valence-corrected chi connectivity index (χ2v) is 7.18. The van der Waals surface area contributed by atoms with E-state index in [0.717, 1.165) is 16.7 Å². The molecule has 0 atom stereocenters. The van der Waals surface area contributed by atoms with Gasteiger partial charge < -0.3 is 15.3 Å². The van der Waals surface area contributed by atoms with Gasteiger partial charge in [0.15, 0.2) is 5.78 Å². The maximum atomic E-state index is 11.7. The summed E-state index contributed by atoms with van der Waals surface area (Å²) in [7, 11) is 0. The Labute approximate surface area is 193 Å². The minimum absolute atomic E-state index is 0.0235. The maximum Gasteiger partial charge on any atom is 0.185 e. The van der Waals surface area contributed by atoms with Crippen molar-refractivity contribution in [1.29, 1.82) is 0 Å². The lowest BCUT2D eigenvalue weighted by atomic mass is 10.1. The molecule has 33 heavy (non-hydrogen) atoms. The molecule has 3 N–H and O–H groups in total. The summed E-state index contributed by atoms with van der Waals surface area (Å²) in [5.41, 5.74) is 3.38. The molecule has 0 saturated carbocycles. The van der Waals surface area contributed by atoms with Crippen molar-refractivity contribution in [1.82, 2.24) is 0 Å². The summed E-state index contributed by atoms with van der Waals surface area (Å²) >= 11 is 0. The Morgan fingerprint density at radius 3 is 1.64 bits per heavy atom. The summed E-state index contributed by atoms with van der Waals surface area (Å²) in [6.07, 6.45) is 7.03. The monoisotopic (exact) mass is 436 g/mol. The van der Waals surface area contributed by atoms with E-state index in [1.807, 2.05) is 72.8 Å². The van der Waals surface area contributed by atoms with Crippen LogP contribution in [0.15, 0.2) is 109 Å². The number of carbonyl (C=O) groups is 1. The van der Waals surface area contributed by atoms with Crippen LogP contribution in [0.4, 0.5) is 0 Å². The smallest absolute Gasteiger partial charge is 0.185 e. The predicted octanol–water partition coefficient (Wildman–Crippen LogP) is 6.56. The van der Waals surface area contributed by atoms with Gasteiger partial charge in [-0.3, -0.25) is 4.79 Å². The quantitative estimate of drug-likeness (QED) is 0.188. The van der Waals surface area contributed by atoms with Crippen LogP contribution in [-0.4, -0.2) is 21.1 Å². The van der Waals surface area contributed by atoms with E-state index in [4.69, 9.17) is 5.11 Å². The first-order valence-electron chi connectivity index (χ1n) is 10.3. The summed E-state index contributed by atoms with van der Waals surface area (Å²) in [4.78, 5) is 11.7. The van der Waals surface area contributed by atoms with Crippen LogP contribution < -0.4 is 0 Å². The molecule has 4 aromatic rings. The zero-order valence-corrected chi connectivity index (χ0v) is 17.9. The van der Waals surface area contributed by atoms with Crippen LogP contribution in [0.5, 0.6) is 17.2 Å². The molecule has 0 aliphatic heterocycles. The van der Waals surface area contributed by atoms with E-state index in [1.54, 1.807) is 48.6 Å². The van der Waals surface area contributed by atoms with E-state index in [-0.39, 0.29) is 23.0 Å². The van der Waals surface area contributed by atoms with Crippen LogP contribution in [0.2, 0.25) is 0 Å². The summed E-state index contributed by atoms with van der Waals surface area (Å²) < 4.78 is 0. The number of hydrogen-bond acceptors (Lipinski definition) is 4. The molecule has 0 aliphatic carbocycles. The minimum Gasteiger partial charge on any atom is -0.508 e. The molecular weight excluding hydrogens is 412 g/mol. The summed E-state index contributed by atoms with van der Waals surface area (Å²) in [6, 6.07) is 30.2. The highest BCUT2D eigenvalue weighted by Crippen LogP contribution is 2.22. The van der Waals surface area contributed by atoms with Crippen molar-refractivity contribution >= 4 is 24.0 Å². The Morgan fingerprint density at radius 1 is 0.515 bits per heavy atom. The fourth-order valence-electron chi connectivity index (χ4n) is 2.93. The lowest BCUT2D eigenvalue weighted by Gasteiger charge is -1.98. The normalized spacial score (nSPS) is 10.7. The van der Waals surface area contributed by atoms with E-state index >= 15 is 0 Å². The van der Waals surface area contributed by atoms with Gasteiger partial charge in [-0.25, -0.2) is 0 Å². The van der Waals surface area contributed by atoms with Crippen LogP contribution in [0.1, 0.15) is 27.0 Å². The number of allylic oxidation sites excluding steroid dienone is 1. The molecule has 0 heterocycles. The van der Waals surface area contributed by atoms with Crippen LogP contribution in [0.3, 0.4) is 0 Å². The highest BCUT2D eigenvalue weighted by atomic mass is 16.3. The number of benzene rings is 4. The van der Waals surface area contributed by atoms with Crippen LogP contribution in [-0.2, 0) is 0 Å². The third-order valence-corrected chi connectivity index (χ3v) is 4.57. The van der Waals surface area contributed by atoms with Crippen molar-refractivity contribution in [2.45, 2.75) is 0 Å². The van der Waals surface area contributed by atoms with Crippen molar-refractivity contribution in [3.63, 3.8) is 0 Å². The number of carbonyl (C=O) groups excluding carboxylic acids is 1. The molecule has 0 saturated heterocycles. The van der Waals surface area contributed by atoms with Crippen LogP contribution in [0.25, 0.3) is 18.2 Å². The van der Waals surface area contributed by atoms with Gasteiger partial charge in [-0.15, -0.1) is 0 Å². The molecule has 4 nitrogen and oxygen atoms in total. The van der Waals surface area contributed by atoms with E-state index in [9.17, 15) is 15.0 Å². The third kappa shape index (κ3) is 7.89. The van der Waals surface area contributed by atoms with Crippen LogP contribution in [0, 0.1) is 0 Å². The Kier molecular flexibility index (Phi) is 8.21. The first kappa shape index (κ1) is 23.1. The Balaban J connectivity index is 0.000000186.